The van der Waals surface area contributed by atoms with Gasteiger partial charge >= 0.3 is 0 Å². The molecule has 1 aromatic carbocycles. The van der Waals surface area contributed by atoms with Crippen molar-refractivity contribution in [2.45, 2.75) is 19.4 Å². The van der Waals surface area contributed by atoms with E-state index in [9.17, 15) is 5.11 Å². The fourth-order valence-electron chi connectivity index (χ4n) is 1.59. The Hall–Kier alpha value is -1.00. The van der Waals surface area contributed by atoms with Gasteiger partial charge in [0, 0.05) is 11.4 Å². The first-order chi connectivity index (χ1) is 7.06. The molecule has 0 bridgehead atoms. The summed E-state index contributed by atoms with van der Waals surface area (Å²) in [6.45, 7) is 1.90. The molecule has 0 aliphatic rings. The number of nitrogens with two attached hydrogens (primary N) is 1. The molecule has 0 amide bonds. The number of benzene rings is 1. The van der Waals surface area contributed by atoms with Crippen LogP contribution in [0, 0.1) is 0 Å². The van der Waals surface area contributed by atoms with Crippen LogP contribution in [-0.4, -0.2) is 11.1 Å². The van der Waals surface area contributed by atoms with Crippen LogP contribution >= 0.6 is 15.9 Å². The van der Waals surface area contributed by atoms with Gasteiger partial charge in [-0.05, 0) is 53.0 Å². The zero-order valence-electron chi connectivity index (χ0n) is 8.33. The van der Waals surface area contributed by atoms with Crippen LogP contribution in [-0.2, 0) is 6.42 Å². The third kappa shape index (κ3) is 2.16. The first-order valence-corrected chi connectivity index (χ1v) is 5.52. The summed E-state index contributed by atoms with van der Waals surface area (Å²) in [5, 5.41) is 10.6. The molecule has 0 spiro atoms. The molecule has 0 aliphatic carbocycles. The summed E-state index contributed by atoms with van der Waals surface area (Å²) in [7, 11) is 0. The average molecular weight is 270 g/mol. The number of halogens is 1. The molecule has 2 aromatic rings. The minimum absolute atomic E-state index is 0.0201. The monoisotopic (exact) mass is 269 g/mol. The summed E-state index contributed by atoms with van der Waals surface area (Å²) in [6, 6.07) is 5.37. The molecule has 0 aliphatic heterocycles. The second-order valence-electron chi connectivity index (χ2n) is 3.75. The number of hydrogen-bond acceptors (Lipinski definition) is 3. The fraction of sp³-hybridized carbons (Fsp3) is 0.273. The fourth-order valence-corrected chi connectivity index (χ4v) is 2.02. The lowest BCUT2D eigenvalue weighted by Crippen LogP contribution is -2.17. The Kier molecular flexibility index (Phi) is 2.71. The molecule has 0 saturated carbocycles. The van der Waals surface area contributed by atoms with Gasteiger partial charge in [-0.15, -0.1) is 0 Å². The van der Waals surface area contributed by atoms with E-state index in [2.05, 4.69) is 15.9 Å². The van der Waals surface area contributed by atoms with Crippen molar-refractivity contribution in [3.05, 3.63) is 28.4 Å². The van der Waals surface area contributed by atoms with Crippen LogP contribution < -0.4 is 5.73 Å². The summed E-state index contributed by atoms with van der Waals surface area (Å²) >= 11 is 3.25. The third-order valence-corrected chi connectivity index (χ3v) is 2.62. The Bertz CT molecular complexity index is 491. The molecule has 0 saturated heterocycles. The Morgan fingerprint density at radius 1 is 1.47 bits per heavy atom. The second kappa shape index (κ2) is 3.87. The van der Waals surface area contributed by atoms with Gasteiger partial charge in [0.05, 0.1) is 0 Å². The molecule has 1 heterocycles. The zero-order chi connectivity index (χ0) is 11.0. The van der Waals surface area contributed by atoms with Gasteiger partial charge in [-0.1, -0.05) is 0 Å². The van der Waals surface area contributed by atoms with Crippen molar-refractivity contribution >= 4 is 26.9 Å². The highest BCUT2D eigenvalue weighted by molar-refractivity contribution is 9.10. The maximum absolute atomic E-state index is 9.75. The lowest BCUT2D eigenvalue weighted by atomic mass is 10.1. The van der Waals surface area contributed by atoms with E-state index in [1.165, 1.54) is 0 Å². The number of rotatable bonds is 2. The summed E-state index contributed by atoms with van der Waals surface area (Å²) in [6.07, 6.45) is 0.639. The van der Waals surface area contributed by atoms with Crippen molar-refractivity contribution in [2.75, 3.05) is 0 Å². The van der Waals surface area contributed by atoms with Crippen LogP contribution in [0.15, 0.2) is 27.3 Å². The van der Waals surface area contributed by atoms with E-state index in [1.54, 1.807) is 6.07 Å². The number of hydrogen-bond donors (Lipinski definition) is 2. The smallest absolute Gasteiger partial charge is 0.170 e. The van der Waals surface area contributed by atoms with E-state index < -0.39 is 0 Å². The van der Waals surface area contributed by atoms with Crippen LogP contribution in [0.4, 0.5) is 0 Å². The lowest BCUT2D eigenvalue weighted by molar-refractivity contribution is 0.466. The van der Waals surface area contributed by atoms with Gasteiger partial charge in [0.2, 0.25) is 0 Å². The van der Waals surface area contributed by atoms with Crippen molar-refractivity contribution in [1.82, 2.24) is 0 Å². The number of aromatic hydroxyl groups is 1. The van der Waals surface area contributed by atoms with E-state index in [1.807, 2.05) is 19.1 Å². The summed E-state index contributed by atoms with van der Waals surface area (Å²) < 4.78 is 6.07. The molecule has 4 heteroatoms. The molecular formula is C11H12BrNO2. The van der Waals surface area contributed by atoms with E-state index in [4.69, 9.17) is 10.2 Å². The quantitative estimate of drug-likeness (QED) is 0.882. The highest BCUT2D eigenvalue weighted by Crippen LogP contribution is 2.30. The molecule has 1 aromatic heterocycles. The molecule has 3 nitrogen and oxygen atoms in total. The lowest BCUT2D eigenvalue weighted by Gasteiger charge is -2.07. The van der Waals surface area contributed by atoms with Gasteiger partial charge in [0.25, 0.3) is 0 Å². The second-order valence-corrected chi connectivity index (χ2v) is 4.53. The van der Waals surface area contributed by atoms with Crippen molar-refractivity contribution < 1.29 is 9.52 Å². The molecule has 80 valence electrons. The van der Waals surface area contributed by atoms with E-state index in [-0.39, 0.29) is 11.8 Å². The zero-order valence-corrected chi connectivity index (χ0v) is 9.91. The Morgan fingerprint density at radius 2 is 2.20 bits per heavy atom. The third-order valence-electron chi connectivity index (χ3n) is 2.23. The number of furan rings is 1. The minimum Gasteiger partial charge on any atom is -0.508 e. The van der Waals surface area contributed by atoms with Crippen LogP contribution in [0.3, 0.4) is 0 Å². The van der Waals surface area contributed by atoms with E-state index in [0.29, 0.717) is 11.1 Å². The topological polar surface area (TPSA) is 59.4 Å². The Morgan fingerprint density at radius 3 is 2.87 bits per heavy atom. The van der Waals surface area contributed by atoms with Gasteiger partial charge in [0.15, 0.2) is 4.67 Å². The van der Waals surface area contributed by atoms with Gasteiger partial charge in [-0.2, -0.15) is 0 Å². The predicted molar refractivity (Wildman–Crippen MR) is 62.9 cm³/mol. The Balaban J connectivity index is 2.51. The molecule has 0 fully saturated rings. The Labute approximate surface area is 96.0 Å². The number of phenolic OH excluding ortho intramolecular Hbond substituents is 1. The minimum atomic E-state index is 0.0201. The SMILES string of the molecule is CC(N)Cc1cc2oc(Br)cc2cc1O. The predicted octanol–water partition coefficient (Wildman–Crippen LogP) is 2.79. The van der Waals surface area contributed by atoms with Crippen molar-refractivity contribution in [3.63, 3.8) is 0 Å². The maximum Gasteiger partial charge on any atom is 0.170 e. The first-order valence-electron chi connectivity index (χ1n) is 4.73. The molecule has 1 unspecified atom stereocenters. The van der Waals surface area contributed by atoms with Crippen molar-refractivity contribution in [2.24, 2.45) is 5.73 Å². The summed E-state index contributed by atoms with van der Waals surface area (Å²) in [5.74, 6) is 0.271. The maximum atomic E-state index is 9.75. The van der Waals surface area contributed by atoms with Gasteiger partial charge < -0.3 is 15.3 Å². The largest absolute Gasteiger partial charge is 0.508 e. The van der Waals surface area contributed by atoms with Gasteiger partial charge in [-0.3, -0.25) is 0 Å². The van der Waals surface area contributed by atoms with Gasteiger partial charge in [0.1, 0.15) is 11.3 Å². The van der Waals surface area contributed by atoms with Gasteiger partial charge in [-0.25, -0.2) is 0 Å². The van der Waals surface area contributed by atoms with Crippen LogP contribution in [0.1, 0.15) is 12.5 Å². The van der Waals surface area contributed by atoms with Crippen molar-refractivity contribution in [3.8, 4) is 5.75 Å². The van der Waals surface area contributed by atoms with Crippen LogP contribution in [0.25, 0.3) is 11.0 Å². The van der Waals surface area contributed by atoms with E-state index in [0.717, 1.165) is 16.5 Å². The molecule has 2 rings (SSSR count). The first kappa shape index (κ1) is 10.5. The molecule has 3 N–H and O–H groups in total. The number of fused-ring (bicyclic) bond motifs is 1. The molecule has 15 heavy (non-hydrogen) atoms. The van der Waals surface area contributed by atoms with Crippen LogP contribution in [0.2, 0.25) is 0 Å². The van der Waals surface area contributed by atoms with E-state index >= 15 is 0 Å². The highest BCUT2D eigenvalue weighted by Gasteiger charge is 2.09. The highest BCUT2D eigenvalue weighted by atomic mass is 79.9. The van der Waals surface area contributed by atoms with Crippen molar-refractivity contribution in [1.29, 1.82) is 0 Å². The molecular weight excluding hydrogens is 258 g/mol. The summed E-state index contributed by atoms with van der Waals surface area (Å²) in [4.78, 5) is 0. The standard InChI is InChI=1S/C11H12BrNO2/c1-6(13)2-7-4-10-8(3-9(7)14)5-11(12)15-10/h3-6,14H,2,13H2,1H3. The normalized spacial score (nSPS) is 13.3. The average Bonchev–Trinajstić information content (AvgIpc) is 2.44. The summed E-state index contributed by atoms with van der Waals surface area (Å²) in [5.41, 5.74) is 7.27. The molecule has 0 radical (unpaired) electrons. The van der Waals surface area contributed by atoms with Crippen LogP contribution in [0.5, 0.6) is 5.75 Å². The molecule has 1 atom stereocenters. The number of phenols is 1.